The molecule has 0 aliphatic heterocycles. The minimum Gasteiger partial charge on any atom is -0.549 e. The number of carbonyl (C=O) groups excluding carboxylic acids is 2. The first-order chi connectivity index (χ1) is 5.95. The Kier molecular flexibility index (Phi) is 16.1. The van der Waals surface area contributed by atoms with Gasteiger partial charge in [0.05, 0.1) is 11.9 Å². The molecule has 0 unspecified atom stereocenters. The molecule has 0 rings (SSSR count). The smallest absolute Gasteiger partial charge is 0.549 e. The van der Waals surface area contributed by atoms with Crippen LogP contribution in [0.3, 0.4) is 0 Å². The molecule has 76 valence electrons. The molecular weight excluding hydrogens is 220 g/mol. The summed E-state index contributed by atoms with van der Waals surface area (Å²) in [6.45, 7) is 0.650. The number of hydrogen-bond acceptors (Lipinski definition) is 5. The van der Waals surface area contributed by atoms with Crippen LogP contribution in [0, 0.1) is 5.92 Å². The number of nitrogens with zero attached hydrogens (tertiary/aromatic N) is 1. The van der Waals surface area contributed by atoms with E-state index in [2.05, 4.69) is 0 Å². The van der Waals surface area contributed by atoms with Crippen LogP contribution in [0.1, 0.15) is 12.8 Å². The van der Waals surface area contributed by atoms with E-state index in [-0.39, 0.29) is 65.5 Å². The topological polar surface area (TPSA) is 83.5 Å². The van der Waals surface area contributed by atoms with Gasteiger partial charge >= 0.3 is 59.1 Å². The van der Waals surface area contributed by atoms with Crippen molar-refractivity contribution in [2.75, 3.05) is 20.6 Å². The third kappa shape index (κ3) is 11.2. The largest absolute Gasteiger partial charge is 1.00 e. The average Bonchev–Trinajstić information content (AvgIpc) is 1.95. The Balaban J connectivity index is -0.000000720. The molecule has 0 saturated carbocycles. The van der Waals surface area contributed by atoms with Crippen LogP contribution in [0.15, 0.2) is 0 Å². The van der Waals surface area contributed by atoms with Gasteiger partial charge in [0.2, 0.25) is 0 Å². The van der Waals surface area contributed by atoms with E-state index in [1.807, 2.05) is 19.0 Å². The molecule has 15 heavy (non-hydrogen) atoms. The van der Waals surface area contributed by atoms with Gasteiger partial charge in [0.25, 0.3) is 0 Å². The molecule has 0 bridgehead atoms. The van der Waals surface area contributed by atoms with Gasteiger partial charge in [-0.1, -0.05) is 0 Å². The summed E-state index contributed by atoms with van der Waals surface area (Å²) in [5, 5.41) is 20.5. The van der Waals surface area contributed by atoms with Gasteiger partial charge in [-0.25, -0.2) is 0 Å². The first-order valence-electron chi connectivity index (χ1n) is 4.01. The number of carbonyl (C=O) groups is 2. The Labute approximate surface area is 134 Å². The summed E-state index contributed by atoms with van der Waals surface area (Å²) in [5.41, 5.74) is 0. The van der Waals surface area contributed by atoms with E-state index in [1.54, 1.807) is 0 Å². The van der Waals surface area contributed by atoms with Gasteiger partial charge in [-0.3, -0.25) is 0 Å². The van der Waals surface area contributed by atoms with Crippen LogP contribution in [0.4, 0.5) is 0 Å². The summed E-state index contributed by atoms with van der Waals surface area (Å²) >= 11 is 0. The summed E-state index contributed by atoms with van der Waals surface area (Å²) < 4.78 is 0. The molecule has 0 aromatic carbocycles. The van der Waals surface area contributed by atoms with Crippen molar-refractivity contribution in [2.24, 2.45) is 5.92 Å². The maximum absolute atomic E-state index is 10.3. The van der Waals surface area contributed by atoms with E-state index in [4.69, 9.17) is 0 Å². The van der Waals surface area contributed by atoms with E-state index >= 15 is 0 Å². The molecule has 0 N–H and O–H groups in total. The normalized spacial score (nSPS) is 9.33. The van der Waals surface area contributed by atoms with Gasteiger partial charge in [0.1, 0.15) is 0 Å². The fourth-order valence-corrected chi connectivity index (χ4v) is 0.944. The molecule has 0 fully saturated rings. The van der Waals surface area contributed by atoms with E-state index in [1.165, 1.54) is 0 Å². The van der Waals surface area contributed by atoms with Crippen LogP contribution < -0.4 is 69.3 Å². The summed E-state index contributed by atoms with van der Waals surface area (Å²) in [7, 11) is 3.65. The fraction of sp³-hybridized carbons (Fsp3) is 0.750. The molecule has 0 saturated heterocycles. The van der Waals surface area contributed by atoms with Crippen LogP contribution in [-0.2, 0) is 9.59 Å². The van der Waals surface area contributed by atoms with Crippen molar-refractivity contribution in [1.29, 1.82) is 0 Å². The molecule has 0 spiro atoms. The maximum Gasteiger partial charge on any atom is 1.00 e. The Bertz CT molecular complexity index is 185. The Morgan fingerprint density at radius 2 is 1.53 bits per heavy atom. The van der Waals surface area contributed by atoms with Crippen molar-refractivity contribution in [2.45, 2.75) is 12.8 Å². The third-order valence-corrected chi connectivity index (χ3v) is 1.67. The summed E-state index contributed by atoms with van der Waals surface area (Å²) in [6.07, 6.45) is 0.558. The van der Waals surface area contributed by atoms with Crippen LogP contribution in [0.5, 0.6) is 0 Å². The van der Waals surface area contributed by atoms with Gasteiger partial charge in [0, 0.05) is 5.92 Å². The standard InChI is InChI=1S/C8H15NO4.2Na/c1-9(2)5-3-4-6(7(10)11)8(12)13;;/h6H,3-5H2,1-2H3,(H,10,11)(H,12,13);;/q;2*+1/p-2. The number of rotatable bonds is 6. The summed E-state index contributed by atoms with van der Waals surface area (Å²) in [4.78, 5) is 22.4. The zero-order valence-electron chi connectivity index (χ0n) is 9.78. The van der Waals surface area contributed by atoms with Gasteiger partial charge in [0.15, 0.2) is 0 Å². The van der Waals surface area contributed by atoms with Crippen molar-refractivity contribution in [3.63, 3.8) is 0 Å². The van der Waals surface area contributed by atoms with E-state index in [0.717, 1.165) is 0 Å². The van der Waals surface area contributed by atoms with Gasteiger partial charge < -0.3 is 24.7 Å². The first-order valence-corrected chi connectivity index (χ1v) is 4.01. The molecule has 0 aliphatic rings. The van der Waals surface area contributed by atoms with Crippen LogP contribution in [-0.4, -0.2) is 37.5 Å². The van der Waals surface area contributed by atoms with Gasteiger partial charge in [-0.05, 0) is 33.5 Å². The van der Waals surface area contributed by atoms with Gasteiger partial charge in [-0.2, -0.15) is 0 Å². The van der Waals surface area contributed by atoms with E-state index < -0.39 is 17.9 Å². The number of aliphatic carboxylic acids is 2. The second-order valence-electron chi connectivity index (χ2n) is 3.14. The molecule has 0 aromatic heterocycles. The maximum atomic E-state index is 10.3. The van der Waals surface area contributed by atoms with Crippen molar-refractivity contribution >= 4 is 11.9 Å². The molecule has 0 heterocycles. The van der Waals surface area contributed by atoms with E-state index in [0.29, 0.717) is 13.0 Å². The molecule has 0 aromatic rings. The first kappa shape index (κ1) is 21.2. The Hall–Kier alpha value is 0.900. The SMILES string of the molecule is CN(C)CCCC(C(=O)[O-])C(=O)[O-].[Na+].[Na+]. The minimum atomic E-state index is -1.57. The van der Waals surface area contributed by atoms with Crippen molar-refractivity contribution < 1.29 is 78.9 Å². The Morgan fingerprint density at radius 3 is 1.80 bits per heavy atom. The number of hydrogen-bond donors (Lipinski definition) is 0. The molecule has 0 atom stereocenters. The van der Waals surface area contributed by atoms with Crippen molar-refractivity contribution in [1.82, 2.24) is 4.90 Å². The predicted octanol–water partition coefficient (Wildman–Crippen LogP) is -8.55. The molecular formula is C8H13NNa2O4. The molecule has 0 aliphatic carbocycles. The van der Waals surface area contributed by atoms with Gasteiger partial charge in [-0.15, -0.1) is 0 Å². The summed E-state index contributed by atoms with van der Waals surface area (Å²) in [5.74, 6) is -4.63. The third-order valence-electron chi connectivity index (χ3n) is 1.67. The molecule has 0 amide bonds. The fourth-order valence-electron chi connectivity index (χ4n) is 0.944. The monoisotopic (exact) mass is 233 g/mol. The predicted molar refractivity (Wildman–Crippen MR) is 41.3 cm³/mol. The van der Waals surface area contributed by atoms with Crippen molar-refractivity contribution in [3.8, 4) is 0 Å². The van der Waals surface area contributed by atoms with Crippen LogP contribution >= 0.6 is 0 Å². The quantitative estimate of drug-likeness (QED) is 0.336. The van der Waals surface area contributed by atoms with Crippen molar-refractivity contribution in [3.05, 3.63) is 0 Å². The summed E-state index contributed by atoms with van der Waals surface area (Å²) in [6, 6.07) is 0. The molecule has 0 radical (unpaired) electrons. The second kappa shape index (κ2) is 11.4. The van der Waals surface area contributed by atoms with Crippen LogP contribution in [0.25, 0.3) is 0 Å². The molecule has 7 heteroatoms. The number of carboxylic acid groups (broad SMARTS) is 2. The van der Waals surface area contributed by atoms with Crippen LogP contribution in [0.2, 0.25) is 0 Å². The second-order valence-corrected chi connectivity index (χ2v) is 3.14. The Morgan fingerprint density at radius 1 is 1.13 bits per heavy atom. The molecule has 5 nitrogen and oxygen atoms in total. The number of carboxylic acids is 2. The van der Waals surface area contributed by atoms with E-state index in [9.17, 15) is 19.8 Å². The zero-order valence-corrected chi connectivity index (χ0v) is 13.8. The zero-order chi connectivity index (χ0) is 10.4. The minimum absolute atomic E-state index is 0. The average molecular weight is 233 g/mol.